The fraction of sp³-hybridized carbons (Fsp3) is 0.250. The summed E-state index contributed by atoms with van der Waals surface area (Å²) in [5.74, 6) is 4.00. The molecule has 8 aromatic rings. The number of hydrogen-bond acceptors (Lipinski definition) is 8. The highest BCUT2D eigenvalue weighted by Crippen LogP contribution is 2.45. The SMILES string of the molecule is CCCOc1c2cc(-c3ccc(O)cc3)cc1Cc1cc(-c3ccc(O)cc3)cc(c1OCCC)Cc1cc(-c3ccc(O)cc3)cc(c1OCCC)Cc1cc(-c3ccc(O)cc3)cc(c1OCCC)C2. The fourth-order valence-electron chi connectivity index (χ4n) is 9.73. The third-order valence-corrected chi connectivity index (χ3v) is 13.1. The normalized spacial score (nSPS) is 12.1. The molecule has 0 saturated heterocycles. The lowest BCUT2D eigenvalue weighted by Crippen LogP contribution is -2.11. The van der Waals surface area contributed by atoms with E-state index in [1.807, 2.05) is 48.5 Å². The van der Waals surface area contributed by atoms with Gasteiger partial charge in [0.2, 0.25) is 0 Å². The molecule has 0 aliphatic heterocycles. The molecule has 0 saturated carbocycles. The molecule has 1 aliphatic rings. The molecular weight excluding hydrogens is 897 g/mol. The molecule has 4 N–H and O–H groups in total. The van der Waals surface area contributed by atoms with Crippen LogP contribution in [0, 0.1) is 0 Å². The Morgan fingerprint density at radius 1 is 0.264 bits per heavy atom. The molecule has 8 heteroatoms. The number of fused-ring (bicyclic) bond motifs is 8. The Kier molecular flexibility index (Phi) is 15.4. The largest absolute Gasteiger partial charge is 0.508 e. The number of rotatable bonds is 16. The predicted molar refractivity (Wildman–Crippen MR) is 289 cm³/mol. The molecule has 0 aromatic heterocycles. The van der Waals surface area contributed by atoms with E-state index in [2.05, 4.69) is 76.2 Å². The Hall–Kier alpha value is -7.84. The van der Waals surface area contributed by atoms with Gasteiger partial charge in [-0.25, -0.2) is 0 Å². The monoisotopic (exact) mass is 960 g/mol. The van der Waals surface area contributed by atoms with Gasteiger partial charge >= 0.3 is 0 Å². The van der Waals surface area contributed by atoms with E-state index in [9.17, 15) is 20.4 Å². The van der Waals surface area contributed by atoms with Crippen molar-refractivity contribution in [1.29, 1.82) is 0 Å². The van der Waals surface area contributed by atoms with E-state index >= 15 is 0 Å². The van der Waals surface area contributed by atoms with Crippen LogP contribution < -0.4 is 18.9 Å². The summed E-state index contributed by atoms with van der Waals surface area (Å²) in [5, 5.41) is 41.8. The molecular formula is C64H64O8. The summed E-state index contributed by atoms with van der Waals surface area (Å²) in [6, 6.07) is 47.2. The van der Waals surface area contributed by atoms with Crippen LogP contribution in [-0.2, 0) is 25.7 Å². The van der Waals surface area contributed by atoms with Crippen LogP contribution in [0.15, 0.2) is 146 Å². The first kappa shape index (κ1) is 49.2. The van der Waals surface area contributed by atoms with Crippen LogP contribution in [0.25, 0.3) is 44.5 Å². The number of ether oxygens (including phenoxy) is 4. The average molecular weight is 961 g/mol. The van der Waals surface area contributed by atoms with Gasteiger partial charge < -0.3 is 39.4 Å². The molecule has 1 aliphatic carbocycles. The summed E-state index contributed by atoms with van der Waals surface area (Å²) < 4.78 is 27.8. The lowest BCUT2D eigenvalue weighted by atomic mass is 9.86. The van der Waals surface area contributed by atoms with Crippen molar-refractivity contribution in [3.8, 4) is 90.5 Å². The summed E-state index contributed by atoms with van der Waals surface area (Å²) >= 11 is 0. The summed E-state index contributed by atoms with van der Waals surface area (Å²) in [4.78, 5) is 0. The Bertz CT molecular complexity index is 2620. The summed E-state index contributed by atoms with van der Waals surface area (Å²) in [5.41, 5.74) is 15.6. The van der Waals surface area contributed by atoms with Crippen molar-refractivity contribution in [1.82, 2.24) is 0 Å². The maximum absolute atomic E-state index is 10.4. The van der Waals surface area contributed by atoms with Crippen LogP contribution in [0.5, 0.6) is 46.0 Å². The molecule has 368 valence electrons. The van der Waals surface area contributed by atoms with Gasteiger partial charge in [-0.05, 0) is 212 Å². The van der Waals surface area contributed by atoms with Gasteiger partial charge in [0.25, 0.3) is 0 Å². The standard InChI is InChI=1S/C64H64O8/c1-5-25-69-61-49-29-45(41-9-17-57(65)18-10-41)30-50(61)38-52-32-47(43-13-21-59(67)22-14-43)34-54(63(52)71-27-7-3)40-56-36-48(44-15-23-60(68)24-16-44)35-55(64(56)72-28-8-4)39-53-33-46(42-11-19-58(66)20-12-42)31-51(37-49)62(53)70-26-6-2/h9-24,29-36,65-68H,5-8,25-28,37-40H2,1-4H3. The number of benzene rings is 8. The van der Waals surface area contributed by atoms with Gasteiger partial charge in [-0.3, -0.25) is 0 Å². The first-order chi connectivity index (χ1) is 35.1. The second-order valence-corrected chi connectivity index (χ2v) is 18.8. The van der Waals surface area contributed by atoms with Gasteiger partial charge in [0.15, 0.2) is 0 Å². The molecule has 8 nitrogen and oxygen atoms in total. The molecule has 0 heterocycles. The summed E-state index contributed by atoms with van der Waals surface area (Å²) in [6.45, 7) is 10.5. The second-order valence-electron chi connectivity index (χ2n) is 18.8. The molecule has 9 rings (SSSR count). The van der Waals surface area contributed by atoms with Gasteiger partial charge in [0, 0.05) is 25.7 Å². The van der Waals surface area contributed by atoms with Crippen molar-refractivity contribution in [2.75, 3.05) is 26.4 Å². The smallest absolute Gasteiger partial charge is 0.126 e. The van der Waals surface area contributed by atoms with E-state index in [1.54, 1.807) is 48.5 Å². The Morgan fingerprint density at radius 3 is 0.583 bits per heavy atom. The maximum atomic E-state index is 10.4. The third kappa shape index (κ3) is 11.2. The van der Waals surface area contributed by atoms with Gasteiger partial charge in [0.1, 0.15) is 46.0 Å². The number of aromatic hydroxyl groups is 4. The topological polar surface area (TPSA) is 118 Å². The molecule has 72 heavy (non-hydrogen) atoms. The Morgan fingerprint density at radius 2 is 0.431 bits per heavy atom. The lowest BCUT2D eigenvalue weighted by molar-refractivity contribution is 0.304. The van der Waals surface area contributed by atoms with E-state index in [-0.39, 0.29) is 23.0 Å². The second kappa shape index (κ2) is 22.5. The molecule has 0 spiro atoms. The number of phenolic OH excluding ortho intramolecular Hbond substituents is 4. The van der Waals surface area contributed by atoms with E-state index < -0.39 is 0 Å². The average Bonchev–Trinajstić information content (AvgIpc) is 3.38. The minimum Gasteiger partial charge on any atom is -0.508 e. The molecule has 0 atom stereocenters. The van der Waals surface area contributed by atoms with E-state index in [0.29, 0.717) is 52.1 Å². The van der Waals surface area contributed by atoms with Crippen molar-refractivity contribution in [3.63, 3.8) is 0 Å². The summed E-state index contributed by atoms with van der Waals surface area (Å²) in [7, 11) is 0. The van der Waals surface area contributed by atoms with Crippen molar-refractivity contribution in [2.24, 2.45) is 0 Å². The van der Waals surface area contributed by atoms with Gasteiger partial charge in [-0.2, -0.15) is 0 Å². The van der Waals surface area contributed by atoms with Crippen LogP contribution in [0.1, 0.15) is 97.9 Å². The highest BCUT2D eigenvalue weighted by molar-refractivity contribution is 5.75. The number of hydrogen-bond donors (Lipinski definition) is 4. The minimum atomic E-state index is 0.194. The predicted octanol–water partition coefficient (Wildman–Crippen LogP) is 15.0. The summed E-state index contributed by atoms with van der Waals surface area (Å²) in [6.07, 6.45) is 5.09. The Labute approximate surface area is 423 Å². The van der Waals surface area contributed by atoms with Crippen molar-refractivity contribution in [3.05, 3.63) is 190 Å². The van der Waals surface area contributed by atoms with Crippen LogP contribution >= 0.6 is 0 Å². The van der Waals surface area contributed by atoms with Crippen LogP contribution in [0.2, 0.25) is 0 Å². The molecule has 8 bridgehead atoms. The van der Waals surface area contributed by atoms with Crippen LogP contribution in [0.4, 0.5) is 0 Å². The lowest BCUT2D eigenvalue weighted by Gasteiger charge is -2.25. The zero-order valence-electron chi connectivity index (χ0n) is 41.8. The molecule has 8 aromatic carbocycles. The zero-order chi connectivity index (χ0) is 50.1. The van der Waals surface area contributed by atoms with Crippen molar-refractivity contribution < 1.29 is 39.4 Å². The molecule has 0 amide bonds. The molecule has 0 fully saturated rings. The first-order valence-corrected chi connectivity index (χ1v) is 25.4. The van der Waals surface area contributed by atoms with Crippen LogP contribution in [-0.4, -0.2) is 46.9 Å². The van der Waals surface area contributed by atoms with E-state index in [4.69, 9.17) is 18.9 Å². The fourth-order valence-corrected chi connectivity index (χ4v) is 9.73. The van der Waals surface area contributed by atoms with Gasteiger partial charge in [0.05, 0.1) is 26.4 Å². The highest BCUT2D eigenvalue weighted by Gasteiger charge is 2.26. The van der Waals surface area contributed by atoms with Crippen molar-refractivity contribution >= 4 is 0 Å². The van der Waals surface area contributed by atoms with Gasteiger partial charge in [-0.15, -0.1) is 0 Å². The maximum Gasteiger partial charge on any atom is 0.126 e. The highest BCUT2D eigenvalue weighted by atomic mass is 16.5. The minimum absolute atomic E-state index is 0.194. The zero-order valence-corrected chi connectivity index (χ0v) is 41.8. The Balaban J connectivity index is 1.41. The number of phenols is 4. The third-order valence-electron chi connectivity index (χ3n) is 13.1. The van der Waals surface area contributed by atoms with E-state index in [0.717, 1.165) is 138 Å². The van der Waals surface area contributed by atoms with Gasteiger partial charge in [-0.1, -0.05) is 76.2 Å². The quantitative estimate of drug-likeness (QED) is 0.0756. The van der Waals surface area contributed by atoms with E-state index in [1.165, 1.54) is 0 Å². The van der Waals surface area contributed by atoms with Crippen molar-refractivity contribution in [2.45, 2.75) is 79.1 Å². The first-order valence-electron chi connectivity index (χ1n) is 25.4. The molecule has 0 unspecified atom stereocenters. The van der Waals surface area contributed by atoms with Crippen LogP contribution in [0.3, 0.4) is 0 Å². The molecule has 0 radical (unpaired) electrons.